The van der Waals surface area contributed by atoms with E-state index in [2.05, 4.69) is 0 Å². The van der Waals surface area contributed by atoms with Crippen LogP contribution in [0.4, 0.5) is 0 Å². The van der Waals surface area contributed by atoms with Gasteiger partial charge in [-0.25, -0.2) is 0 Å². The predicted molar refractivity (Wildman–Crippen MR) is 95.4 cm³/mol. The number of carbonyl (C=O) groups is 2. The molecule has 0 fully saturated rings. The van der Waals surface area contributed by atoms with Gasteiger partial charge in [-0.1, -0.05) is 49.4 Å². The lowest BCUT2D eigenvalue weighted by atomic mass is 9.99. The maximum atomic E-state index is 12.7. The topological polar surface area (TPSA) is 66.8 Å². The maximum Gasteiger partial charge on any atom is 0.323 e. The zero-order valence-corrected chi connectivity index (χ0v) is 14.5. The van der Waals surface area contributed by atoms with E-state index < -0.39 is 5.97 Å². The molecule has 0 aliphatic heterocycles. The molecule has 1 atom stereocenters. The Hall–Kier alpha value is -2.82. The molecule has 0 saturated heterocycles. The largest absolute Gasteiger partial charge is 0.497 e. The van der Waals surface area contributed by atoms with Crippen molar-refractivity contribution >= 4 is 11.9 Å². The van der Waals surface area contributed by atoms with E-state index in [9.17, 15) is 9.59 Å². The minimum Gasteiger partial charge on any atom is -0.497 e. The van der Waals surface area contributed by atoms with Gasteiger partial charge in [-0.2, -0.15) is 0 Å². The van der Waals surface area contributed by atoms with Crippen LogP contribution in [0.1, 0.15) is 18.1 Å². The molecule has 0 aliphatic carbocycles. The molecule has 132 valence electrons. The smallest absolute Gasteiger partial charge is 0.323 e. The molecule has 0 radical (unpaired) electrons. The first-order valence-electron chi connectivity index (χ1n) is 8.17. The minimum atomic E-state index is -1.01. The predicted octanol–water partition coefficient (Wildman–Crippen LogP) is 2.99. The van der Waals surface area contributed by atoms with Crippen molar-refractivity contribution in [2.45, 2.75) is 19.9 Å². The van der Waals surface area contributed by atoms with Crippen LogP contribution in [0, 0.1) is 5.92 Å². The van der Waals surface area contributed by atoms with Crippen LogP contribution in [-0.4, -0.2) is 35.5 Å². The number of carboxylic acids is 1. The second kappa shape index (κ2) is 8.87. The SMILES string of the molecule is COc1ccc(CC(C)C(=O)N(CC(=O)O)Cc2ccccc2)cc1. The molecule has 0 spiro atoms. The van der Waals surface area contributed by atoms with E-state index >= 15 is 0 Å². The third-order valence-corrected chi connectivity index (χ3v) is 3.98. The Kier molecular flexibility index (Phi) is 6.57. The highest BCUT2D eigenvalue weighted by molar-refractivity contribution is 5.83. The van der Waals surface area contributed by atoms with Gasteiger partial charge in [0.2, 0.25) is 5.91 Å². The Morgan fingerprint density at radius 2 is 1.68 bits per heavy atom. The maximum absolute atomic E-state index is 12.7. The highest BCUT2D eigenvalue weighted by Crippen LogP contribution is 2.17. The number of ether oxygens (including phenoxy) is 1. The zero-order valence-electron chi connectivity index (χ0n) is 14.5. The Morgan fingerprint density at radius 3 is 2.24 bits per heavy atom. The van der Waals surface area contributed by atoms with E-state index in [1.165, 1.54) is 4.90 Å². The molecule has 0 aliphatic rings. The Morgan fingerprint density at radius 1 is 1.04 bits per heavy atom. The molecule has 1 amide bonds. The molecule has 2 aromatic rings. The number of hydrogen-bond donors (Lipinski definition) is 1. The molecule has 0 aromatic heterocycles. The van der Waals surface area contributed by atoms with Crippen LogP contribution in [0.2, 0.25) is 0 Å². The number of benzene rings is 2. The average molecular weight is 341 g/mol. The van der Waals surface area contributed by atoms with Gasteiger partial charge in [0.15, 0.2) is 0 Å². The molecule has 1 unspecified atom stereocenters. The van der Waals surface area contributed by atoms with Gasteiger partial charge in [0.25, 0.3) is 0 Å². The molecule has 0 bridgehead atoms. The first-order valence-corrected chi connectivity index (χ1v) is 8.17. The van der Waals surface area contributed by atoms with E-state index in [4.69, 9.17) is 9.84 Å². The summed E-state index contributed by atoms with van der Waals surface area (Å²) in [5, 5.41) is 9.13. The minimum absolute atomic E-state index is 0.165. The fourth-order valence-electron chi connectivity index (χ4n) is 2.69. The van der Waals surface area contributed by atoms with Gasteiger partial charge in [-0.05, 0) is 29.7 Å². The lowest BCUT2D eigenvalue weighted by Crippen LogP contribution is -2.39. The van der Waals surface area contributed by atoms with Crippen LogP contribution in [0.3, 0.4) is 0 Å². The fraction of sp³-hybridized carbons (Fsp3) is 0.300. The first kappa shape index (κ1) is 18.5. The molecule has 5 heteroatoms. The number of carbonyl (C=O) groups excluding carboxylic acids is 1. The number of amides is 1. The third kappa shape index (κ3) is 5.64. The summed E-state index contributed by atoms with van der Waals surface area (Å²) in [7, 11) is 1.61. The van der Waals surface area contributed by atoms with E-state index in [0.717, 1.165) is 16.9 Å². The average Bonchev–Trinajstić information content (AvgIpc) is 2.61. The molecule has 0 saturated carbocycles. The Labute approximate surface area is 147 Å². The van der Waals surface area contributed by atoms with Crippen LogP contribution in [0.15, 0.2) is 54.6 Å². The van der Waals surface area contributed by atoms with Crippen LogP contribution < -0.4 is 4.74 Å². The van der Waals surface area contributed by atoms with Crippen LogP contribution in [0.5, 0.6) is 5.75 Å². The molecular formula is C20H23NO4. The van der Waals surface area contributed by atoms with Gasteiger partial charge < -0.3 is 14.7 Å². The van der Waals surface area contributed by atoms with Gasteiger partial charge in [0, 0.05) is 12.5 Å². The number of methoxy groups -OCH3 is 1. The second-order valence-electron chi connectivity index (χ2n) is 6.03. The summed E-state index contributed by atoms with van der Waals surface area (Å²) in [5.74, 6) is -0.723. The van der Waals surface area contributed by atoms with Crippen molar-refractivity contribution in [1.29, 1.82) is 0 Å². The summed E-state index contributed by atoms with van der Waals surface area (Å²) in [4.78, 5) is 25.3. The van der Waals surface area contributed by atoms with E-state index in [-0.39, 0.29) is 18.4 Å². The number of rotatable bonds is 8. The summed E-state index contributed by atoms with van der Waals surface area (Å²) in [5.41, 5.74) is 1.92. The van der Waals surface area contributed by atoms with E-state index in [1.807, 2.05) is 61.5 Å². The Balaban J connectivity index is 2.06. The third-order valence-electron chi connectivity index (χ3n) is 3.98. The molecule has 1 N–H and O–H groups in total. The van der Waals surface area contributed by atoms with Crippen LogP contribution >= 0.6 is 0 Å². The van der Waals surface area contributed by atoms with Crippen molar-refractivity contribution in [2.24, 2.45) is 5.92 Å². The van der Waals surface area contributed by atoms with Gasteiger partial charge in [0.05, 0.1) is 7.11 Å². The van der Waals surface area contributed by atoms with Gasteiger partial charge >= 0.3 is 5.97 Å². The molecule has 5 nitrogen and oxygen atoms in total. The van der Waals surface area contributed by atoms with Crippen molar-refractivity contribution in [3.05, 3.63) is 65.7 Å². The number of carboxylic acid groups (broad SMARTS) is 1. The van der Waals surface area contributed by atoms with Crippen molar-refractivity contribution in [2.75, 3.05) is 13.7 Å². The number of nitrogens with zero attached hydrogens (tertiary/aromatic N) is 1. The zero-order chi connectivity index (χ0) is 18.2. The monoisotopic (exact) mass is 341 g/mol. The summed E-state index contributed by atoms with van der Waals surface area (Å²) in [6.07, 6.45) is 0.549. The van der Waals surface area contributed by atoms with Crippen molar-refractivity contribution < 1.29 is 19.4 Å². The Bertz CT molecular complexity index is 697. The van der Waals surface area contributed by atoms with Crippen molar-refractivity contribution in [1.82, 2.24) is 4.90 Å². The van der Waals surface area contributed by atoms with Gasteiger partial charge in [0.1, 0.15) is 12.3 Å². The molecule has 2 aromatic carbocycles. The number of hydrogen-bond acceptors (Lipinski definition) is 3. The summed E-state index contributed by atoms with van der Waals surface area (Å²) < 4.78 is 5.13. The fourth-order valence-corrected chi connectivity index (χ4v) is 2.69. The molecular weight excluding hydrogens is 318 g/mol. The van der Waals surface area contributed by atoms with Gasteiger partial charge in [-0.15, -0.1) is 0 Å². The summed E-state index contributed by atoms with van der Waals surface area (Å²) in [6, 6.07) is 16.9. The highest BCUT2D eigenvalue weighted by Gasteiger charge is 2.23. The summed E-state index contributed by atoms with van der Waals surface area (Å²) >= 11 is 0. The normalized spacial score (nSPS) is 11.6. The molecule has 25 heavy (non-hydrogen) atoms. The lowest BCUT2D eigenvalue weighted by molar-refractivity contribution is -0.146. The van der Waals surface area contributed by atoms with Crippen molar-refractivity contribution in [3.63, 3.8) is 0 Å². The van der Waals surface area contributed by atoms with Crippen LogP contribution in [0.25, 0.3) is 0 Å². The van der Waals surface area contributed by atoms with E-state index in [1.54, 1.807) is 7.11 Å². The highest BCUT2D eigenvalue weighted by atomic mass is 16.5. The van der Waals surface area contributed by atoms with Gasteiger partial charge in [-0.3, -0.25) is 9.59 Å². The molecule has 2 rings (SSSR count). The number of aliphatic carboxylic acids is 1. The standard InChI is InChI=1S/C20H23NO4/c1-15(12-16-8-10-18(25-2)11-9-16)20(24)21(14-19(22)23)13-17-6-4-3-5-7-17/h3-11,15H,12-14H2,1-2H3,(H,22,23). The lowest BCUT2D eigenvalue weighted by Gasteiger charge is -2.24. The van der Waals surface area contributed by atoms with E-state index in [0.29, 0.717) is 13.0 Å². The second-order valence-corrected chi connectivity index (χ2v) is 6.03. The van der Waals surface area contributed by atoms with Crippen LogP contribution in [-0.2, 0) is 22.6 Å². The first-order chi connectivity index (χ1) is 12.0. The molecule has 0 heterocycles. The van der Waals surface area contributed by atoms with Crippen molar-refractivity contribution in [3.8, 4) is 5.75 Å². The quantitative estimate of drug-likeness (QED) is 0.801. The summed E-state index contributed by atoms with van der Waals surface area (Å²) in [6.45, 7) is 1.81.